The van der Waals surface area contributed by atoms with Crippen molar-refractivity contribution in [2.75, 3.05) is 25.3 Å². The van der Waals surface area contributed by atoms with Crippen LogP contribution in [-0.4, -0.2) is 30.9 Å². The Morgan fingerprint density at radius 2 is 1.90 bits per heavy atom. The molecule has 0 atom stereocenters. The summed E-state index contributed by atoms with van der Waals surface area (Å²) >= 11 is 1.46. The molecular weight excluding hydrogens is 416 g/mol. The van der Waals surface area contributed by atoms with Crippen LogP contribution in [0.2, 0.25) is 0 Å². The van der Waals surface area contributed by atoms with Gasteiger partial charge in [-0.15, -0.1) is 11.3 Å². The van der Waals surface area contributed by atoms with Crippen LogP contribution in [0.25, 0.3) is 0 Å². The molecule has 2 heterocycles. The lowest BCUT2D eigenvalue weighted by molar-refractivity contribution is -0.118. The third-order valence-corrected chi connectivity index (χ3v) is 5.68. The first-order valence-corrected chi connectivity index (χ1v) is 10.9. The van der Waals surface area contributed by atoms with E-state index in [1.807, 2.05) is 50.2 Å². The van der Waals surface area contributed by atoms with Gasteiger partial charge in [0.2, 0.25) is 6.79 Å². The summed E-state index contributed by atoms with van der Waals surface area (Å²) in [6.45, 7) is 4.70. The van der Waals surface area contributed by atoms with Gasteiger partial charge in [0.05, 0.1) is 12.3 Å². The molecule has 2 aromatic carbocycles. The number of carbonyl (C=O) groups is 1. The number of ether oxygens (including phenoxy) is 4. The number of hydrogen-bond donors (Lipinski definition) is 1. The number of anilines is 1. The first-order chi connectivity index (χ1) is 15.1. The molecule has 8 heteroatoms. The number of benzene rings is 2. The topological polar surface area (TPSA) is 78.9 Å². The van der Waals surface area contributed by atoms with Gasteiger partial charge in [-0.1, -0.05) is 25.1 Å². The van der Waals surface area contributed by atoms with Crippen LogP contribution in [0.1, 0.15) is 29.5 Å². The summed E-state index contributed by atoms with van der Waals surface area (Å²) in [6, 6.07) is 13.2. The van der Waals surface area contributed by atoms with Crippen LogP contribution in [0.4, 0.5) is 5.13 Å². The van der Waals surface area contributed by atoms with E-state index in [4.69, 9.17) is 18.9 Å². The Kier molecular flexibility index (Phi) is 6.57. The summed E-state index contributed by atoms with van der Waals surface area (Å²) in [5.74, 6) is 2.43. The average molecular weight is 441 g/mol. The standard InChI is InChI=1S/C23H24N2O5S/c1-3-10-27-17-6-4-5-7-18(17)28-13-22(26)25-23-24-15(2)21(31-23)12-16-8-9-19-20(11-16)30-14-29-19/h4-9,11H,3,10,12-14H2,1-2H3,(H,24,25,26). The number of aryl methyl sites for hydroxylation is 1. The average Bonchev–Trinajstić information content (AvgIpc) is 3.37. The highest BCUT2D eigenvalue weighted by Crippen LogP contribution is 2.34. The number of nitrogens with zero attached hydrogens (tertiary/aromatic N) is 1. The molecule has 0 bridgehead atoms. The molecular formula is C23H24N2O5S. The fraction of sp³-hybridized carbons (Fsp3) is 0.304. The number of aromatic nitrogens is 1. The molecule has 0 aliphatic carbocycles. The fourth-order valence-electron chi connectivity index (χ4n) is 3.08. The van der Waals surface area contributed by atoms with Crippen molar-refractivity contribution in [1.29, 1.82) is 0 Å². The number of thiazole rings is 1. The van der Waals surface area contributed by atoms with E-state index >= 15 is 0 Å². The minimum atomic E-state index is -0.270. The number of rotatable bonds is 9. The number of fused-ring (bicyclic) bond motifs is 1. The second kappa shape index (κ2) is 9.70. The van der Waals surface area contributed by atoms with Crippen molar-refractivity contribution in [3.63, 3.8) is 0 Å². The molecule has 4 rings (SSSR count). The van der Waals surface area contributed by atoms with Crippen LogP contribution >= 0.6 is 11.3 Å². The zero-order chi connectivity index (χ0) is 21.6. The molecule has 1 aliphatic heterocycles. The van der Waals surface area contributed by atoms with E-state index in [2.05, 4.69) is 10.3 Å². The van der Waals surface area contributed by atoms with E-state index < -0.39 is 0 Å². The highest BCUT2D eigenvalue weighted by atomic mass is 32.1. The zero-order valence-corrected chi connectivity index (χ0v) is 18.3. The Hall–Kier alpha value is -3.26. The van der Waals surface area contributed by atoms with E-state index in [0.717, 1.165) is 34.1 Å². The zero-order valence-electron chi connectivity index (χ0n) is 17.5. The number of amides is 1. The summed E-state index contributed by atoms with van der Waals surface area (Å²) in [5, 5.41) is 3.37. The maximum Gasteiger partial charge on any atom is 0.264 e. The van der Waals surface area contributed by atoms with Crippen molar-refractivity contribution < 1.29 is 23.7 Å². The second-order valence-corrected chi connectivity index (χ2v) is 8.11. The Morgan fingerprint density at radius 3 is 2.71 bits per heavy atom. The van der Waals surface area contributed by atoms with Crippen molar-refractivity contribution in [3.05, 3.63) is 58.6 Å². The summed E-state index contributed by atoms with van der Waals surface area (Å²) in [6.07, 6.45) is 1.60. The lowest BCUT2D eigenvalue weighted by Crippen LogP contribution is -2.20. The summed E-state index contributed by atoms with van der Waals surface area (Å²) in [5.41, 5.74) is 1.98. The Morgan fingerprint density at radius 1 is 1.13 bits per heavy atom. The van der Waals surface area contributed by atoms with Crippen LogP contribution < -0.4 is 24.3 Å². The van der Waals surface area contributed by atoms with Gasteiger partial charge in [0.1, 0.15) is 0 Å². The van der Waals surface area contributed by atoms with Crippen molar-refractivity contribution in [1.82, 2.24) is 4.98 Å². The number of carbonyl (C=O) groups excluding carboxylic acids is 1. The summed E-state index contributed by atoms with van der Waals surface area (Å²) < 4.78 is 22.1. The Balaban J connectivity index is 1.34. The van der Waals surface area contributed by atoms with Gasteiger partial charge in [-0.25, -0.2) is 4.98 Å². The molecule has 0 fully saturated rings. The van der Waals surface area contributed by atoms with Gasteiger partial charge in [-0.3, -0.25) is 10.1 Å². The summed E-state index contributed by atoms with van der Waals surface area (Å²) in [4.78, 5) is 17.9. The molecule has 0 spiro atoms. The molecule has 3 aromatic rings. The molecule has 1 N–H and O–H groups in total. The minimum absolute atomic E-state index is 0.122. The monoisotopic (exact) mass is 440 g/mol. The molecule has 1 aromatic heterocycles. The lowest BCUT2D eigenvalue weighted by atomic mass is 10.1. The Labute approximate surface area is 184 Å². The van der Waals surface area contributed by atoms with E-state index in [0.29, 0.717) is 29.7 Å². The van der Waals surface area contributed by atoms with Gasteiger partial charge < -0.3 is 18.9 Å². The van der Waals surface area contributed by atoms with Crippen molar-refractivity contribution >= 4 is 22.4 Å². The first-order valence-electron chi connectivity index (χ1n) is 10.1. The van der Waals surface area contributed by atoms with Crippen LogP contribution in [0.5, 0.6) is 23.0 Å². The van der Waals surface area contributed by atoms with Gasteiger partial charge in [-0.2, -0.15) is 0 Å². The highest BCUT2D eigenvalue weighted by Gasteiger charge is 2.16. The van der Waals surface area contributed by atoms with Gasteiger partial charge >= 0.3 is 0 Å². The van der Waals surface area contributed by atoms with E-state index in [9.17, 15) is 4.79 Å². The number of hydrogen-bond acceptors (Lipinski definition) is 7. The first kappa shape index (κ1) is 21.0. The molecule has 1 amide bonds. The maximum atomic E-state index is 12.4. The second-order valence-electron chi connectivity index (χ2n) is 7.02. The van der Waals surface area contributed by atoms with Crippen LogP contribution in [0.3, 0.4) is 0 Å². The van der Waals surface area contributed by atoms with E-state index in [1.54, 1.807) is 6.07 Å². The largest absolute Gasteiger partial charge is 0.490 e. The minimum Gasteiger partial charge on any atom is -0.490 e. The van der Waals surface area contributed by atoms with Crippen LogP contribution in [-0.2, 0) is 11.2 Å². The predicted molar refractivity (Wildman–Crippen MR) is 119 cm³/mol. The molecule has 0 saturated carbocycles. The highest BCUT2D eigenvalue weighted by molar-refractivity contribution is 7.15. The Bertz CT molecular complexity index is 1070. The molecule has 31 heavy (non-hydrogen) atoms. The third kappa shape index (κ3) is 5.27. The van der Waals surface area contributed by atoms with Crippen LogP contribution in [0.15, 0.2) is 42.5 Å². The van der Waals surface area contributed by atoms with E-state index in [1.165, 1.54) is 11.3 Å². The SMILES string of the molecule is CCCOc1ccccc1OCC(=O)Nc1nc(C)c(Cc2ccc3c(c2)OCO3)s1. The quantitative estimate of drug-likeness (QED) is 0.525. The van der Waals surface area contributed by atoms with Gasteiger partial charge in [-0.05, 0) is 43.2 Å². The molecule has 1 aliphatic rings. The van der Waals surface area contributed by atoms with Gasteiger partial charge in [0, 0.05) is 11.3 Å². The van der Waals surface area contributed by atoms with Gasteiger partial charge in [0.25, 0.3) is 5.91 Å². The van der Waals surface area contributed by atoms with Crippen molar-refractivity contribution in [2.45, 2.75) is 26.7 Å². The molecule has 0 unspecified atom stereocenters. The maximum absolute atomic E-state index is 12.4. The van der Waals surface area contributed by atoms with Crippen LogP contribution in [0, 0.1) is 6.92 Å². The number of para-hydroxylation sites is 2. The van der Waals surface area contributed by atoms with Gasteiger partial charge in [0.15, 0.2) is 34.7 Å². The number of nitrogens with one attached hydrogen (secondary N) is 1. The predicted octanol–water partition coefficient (Wildman–Crippen LogP) is 4.58. The molecule has 0 saturated heterocycles. The summed E-state index contributed by atoms with van der Waals surface area (Å²) in [7, 11) is 0. The van der Waals surface area contributed by atoms with Crippen molar-refractivity contribution in [2.24, 2.45) is 0 Å². The normalized spacial score (nSPS) is 11.9. The lowest BCUT2D eigenvalue weighted by Gasteiger charge is -2.11. The molecule has 7 nitrogen and oxygen atoms in total. The van der Waals surface area contributed by atoms with Crippen molar-refractivity contribution in [3.8, 4) is 23.0 Å². The van der Waals surface area contributed by atoms with E-state index in [-0.39, 0.29) is 19.3 Å². The molecule has 162 valence electrons. The smallest absolute Gasteiger partial charge is 0.264 e. The fourth-order valence-corrected chi connectivity index (χ4v) is 4.09. The molecule has 0 radical (unpaired) electrons. The third-order valence-electron chi connectivity index (χ3n) is 4.61.